The minimum Gasteiger partial charge on any atom is -0.467 e. The van der Waals surface area contributed by atoms with Gasteiger partial charge in [-0.05, 0) is 24.3 Å². The van der Waals surface area contributed by atoms with Gasteiger partial charge in [0.15, 0.2) is 5.82 Å². The molecule has 6 heteroatoms. The van der Waals surface area contributed by atoms with Gasteiger partial charge in [0.05, 0.1) is 12.8 Å². The van der Waals surface area contributed by atoms with E-state index >= 15 is 0 Å². The zero-order chi connectivity index (χ0) is 20.1. The molecule has 0 aliphatic rings. The fraction of sp³-hybridized carbons (Fsp3) is 0.0870. The van der Waals surface area contributed by atoms with E-state index in [4.69, 9.17) is 4.42 Å². The third-order valence-corrected chi connectivity index (χ3v) is 4.45. The van der Waals surface area contributed by atoms with Gasteiger partial charge in [0.2, 0.25) is 0 Å². The molecule has 0 aliphatic heterocycles. The molecule has 144 valence electrons. The second kappa shape index (κ2) is 8.39. The highest BCUT2D eigenvalue weighted by molar-refractivity contribution is 6.05. The summed E-state index contributed by atoms with van der Waals surface area (Å²) in [5.41, 5.74) is 1.94. The van der Waals surface area contributed by atoms with Crippen molar-refractivity contribution in [3.8, 4) is 11.4 Å². The van der Waals surface area contributed by atoms with Crippen molar-refractivity contribution in [1.82, 2.24) is 9.97 Å². The Labute approximate surface area is 168 Å². The van der Waals surface area contributed by atoms with Gasteiger partial charge < -0.3 is 14.6 Å². The number of hydrogen-bond acceptors (Lipinski definition) is 5. The van der Waals surface area contributed by atoms with Crippen LogP contribution in [0.2, 0.25) is 0 Å². The van der Waals surface area contributed by atoms with Crippen LogP contribution in [-0.4, -0.2) is 22.9 Å². The normalized spacial score (nSPS) is 10.5. The minimum absolute atomic E-state index is 0.211. The minimum atomic E-state index is -0.211. The Kier molecular flexibility index (Phi) is 5.33. The fourth-order valence-electron chi connectivity index (χ4n) is 2.90. The Morgan fingerprint density at radius 1 is 0.966 bits per heavy atom. The lowest BCUT2D eigenvalue weighted by Crippen LogP contribution is -2.27. The van der Waals surface area contributed by atoms with Gasteiger partial charge in [-0.15, -0.1) is 0 Å². The Balaban J connectivity index is 1.68. The standard InChI is InChI=1S/C23H20N4O2/c1-27(18-11-6-3-7-12-18)23(28)20-15-21(24-16-19-13-8-14-29-19)26-22(25-20)17-9-4-2-5-10-17/h2-15H,16H2,1H3,(H,24,25,26). The molecule has 4 rings (SSSR count). The molecule has 0 aliphatic carbocycles. The summed E-state index contributed by atoms with van der Waals surface area (Å²) in [7, 11) is 1.73. The molecule has 6 nitrogen and oxygen atoms in total. The maximum atomic E-state index is 13.1. The van der Waals surface area contributed by atoms with Crippen molar-refractivity contribution in [3.63, 3.8) is 0 Å². The molecule has 1 amide bonds. The third kappa shape index (κ3) is 4.32. The number of benzene rings is 2. The lowest BCUT2D eigenvalue weighted by molar-refractivity contribution is 0.0988. The van der Waals surface area contributed by atoms with Crippen molar-refractivity contribution in [2.24, 2.45) is 0 Å². The molecule has 0 saturated carbocycles. The van der Waals surface area contributed by atoms with Gasteiger partial charge in [0.25, 0.3) is 5.91 Å². The van der Waals surface area contributed by atoms with Gasteiger partial charge in [-0.3, -0.25) is 4.79 Å². The van der Waals surface area contributed by atoms with Crippen LogP contribution in [0, 0.1) is 0 Å². The molecule has 0 saturated heterocycles. The van der Waals surface area contributed by atoms with E-state index in [0.717, 1.165) is 17.0 Å². The number of carbonyl (C=O) groups is 1. The summed E-state index contributed by atoms with van der Waals surface area (Å²) in [6.07, 6.45) is 1.62. The maximum Gasteiger partial charge on any atom is 0.276 e. The van der Waals surface area contributed by atoms with Crippen LogP contribution in [0.3, 0.4) is 0 Å². The molecule has 0 radical (unpaired) electrons. The van der Waals surface area contributed by atoms with Crippen LogP contribution >= 0.6 is 0 Å². The van der Waals surface area contributed by atoms with Gasteiger partial charge in [-0.25, -0.2) is 9.97 Å². The highest BCUT2D eigenvalue weighted by Crippen LogP contribution is 2.21. The Morgan fingerprint density at radius 2 is 1.69 bits per heavy atom. The molecule has 0 fully saturated rings. The van der Waals surface area contributed by atoms with E-state index in [1.807, 2.05) is 72.8 Å². The fourth-order valence-corrected chi connectivity index (χ4v) is 2.90. The first-order valence-electron chi connectivity index (χ1n) is 9.24. The van der Waals surface area contributed by atoms with E-state index in [1.165, 1.54) is 0 Å². The molecule has 2 aromatic carbocycles. The number of para-hydroxylation sites is 1. The van der Waals surface area contributed by atoms with E-state index in [9.17, 15) is 4.79 Å². The van der Waals surface area contributed by atoms with Gasteiger partial charge in [-0.1, -0.05) is 48.5 Å². The van der Waals surface area contributed by atoms with Gasteiger partial charge in [0, 0.05) is 24.4 Å². The van der Waals surface area contributed by atoms with Crippen LogP contribution in [-0.2, 0) is 6.54 Å². The summed E-state index contributed by atoms with van der Waals surface area (Å²) in [4.78, 5) is 23.8. The number of carbonyl (C=O) groups excluding carboxylic acids is 1. The van der Waals surface area contributed by atoms with Crippen LogP contribution in [0.15, 0.2) is 89.5 Å². The molecule has 0 atom stereocenters. The highest BCUT2D eigenvalue weighted by atomic mass is 16.3. The zero-order valence-electron chi connectivity index (χ0n) is 15.9. The number of amides is 1. The molecule has 29 heavy (non-hydrogen) atoms. The van der Waals surface area contributed by atoms with Crippen molar-refractivity contribution in [2.45, 2.75) is 6.54 Å². The first-order chi connectivity index (χ1) is 14.2. The Hall–Kier alpha value is -3.93. The van der Waals surface area contributed by atoms with Gasteiger partial charge in [0.1, 0.15) is 17.3 Å². The lowest BCUT2D eigenvalue weighted by atomic mass is 10.2. The zero-order valence-corrected chi connectivity index (χ0v) is 15.9. The van der Waals surface area contributed by atoms with Crippen LogP contribution < -0.4 is 10.2 Å². The van der Waals surface area contributed by atoms with Gasteiger partial charge in [-0.2, -0.15) is 0 Å². The highest BCUT2D eigenvalue weighted by Gasteiger charge is 2.18. The SMILES string of the molecule is CN(C(=O)c1cc(NCc2ccco2)nc(-c2ccccc2)n1)c1ccccc1. The number of nitrogens with one attached hydrogen (secondary N) is 1. The molecule has 2 aromatic heterocycles. The largest absolute Gasteiger partial charge is 0.467 e. The Bertz CT molecular complexity index is 1080. The number of furan rings is 1. The quantitative estimate of drug-likeness (QED) is 0.525. The van der Waals surface area contributed by atoms with Crippen molar-refractivity contribution in [3.05, 3.63) is 96.6 Å². The van der Waals surface area contributed by atoms with Crippen LogP contribution in [0.25, 0.3) is 11.4 Å². The average molecular weight is 384 g/mol. The number of rotatable bonds is 6. The predicted molar refractivity (Wildman–Crippen MR) is 113 cm³/mol. The molecular weight excluding hydrogens is 364 g/mol. The molecular formula is C23H20N4O2. The molecule has 0 bridgehead atoms. The average Bonchev–Trinajstić information content (AvgIpc) is 3.31. The first kappa shape index (κ1) is 18.4. The summed E-state index contributed by atoms with van der Waals surface area (Å²) in [5, 5.41) is 3.22. The molecule has 1 N–H and O–H groups in total. The van der Waals surface area contributed by atoms with E-state index in [-0.39, 0.29) is 5.91 Å². The van der Waals surface area contributed by atoms with Crippen molar-refractivity contribution < 1.29 is 9.21 Å². The van der Waals surface area contributed by atoms with Crippen LogP contribution in [0.5, 0.6) is 0 Å². The lowest BCUT2D eigenvalue weighted by Gasteiger charge is -2.17. The van der Waals surface area contributed by atoms with Crippen molar-refractivity contribution >= 4 is 17.4 Å². The summed E-state index contributed by atoms with van der Waals surface area (Å²) in [5.74, 6) is 1.61. The van der Waals surface area contributed by atoms with Crippen LogP contribution in [0.1, 0.15) is 16.2 Å². The summed E-state index contributed by atoms with van der Waals surface area (Å²) in [6.45, 7) is 0.459. The van der Waals surface area contributed by atoms with Crippen LogP contribution in [0.4, 0.5) is 11.5 Å². The maximum absolute atomic E-state index is 13.1. The van der Waals surface area contributed by atoms with Crippen molar-refractivity contribution in [1.29, 1.82) is 0 Å². The predicted octanol–water partition coefficient (Wildman–Crippen LogP) is 4.63. The number of hydrogen-bond donors (Lipinski definition) is 1. The van der Waals surface area contributed by atoms with E-state index < -0.39 is 0 Å². The molecule has 4 aromatic rings. The first-order valence-corrected chi connectivity index (χ1v) is 9.24. The third-order valence-electron chi connectivity index (χ3n) is 4.45. The molecule has 2 heterocycles. The number of nitrogens with zero attached hydrogens (tertiary/aromatic N) is 3. The smallest absolute Gasteiger partial charge is 0.276 e. The topological polar surface area (TPSA) is 71.3 Å². The molecule has 0 unspecified atom stereocenters. The van der Waals surface area contributed by atoms with E-state index in [0.29, 0.717) is 23.9 Å². The summed E-state index contributed by atoms with van der Waals surface area (Å²) >= 11 is 0. The van der Waals surface area contributed by atoms with E-state index in [1.54, 1.807) is 24.3 Å². The number of aromatic nitrogens is 2. The second-order valence-corrected chi connectivity index (χ2v) is 6.46. The number of anilines is 2. The van der Waals surface area contributed by atoms with Gasteiger partial charge >= 0.3 is 0 Å². The van der Waals surface area contributed by atoms with E-state index in [2.05, 4.69) is 15.3 Å². The molecule has 0 spiro atoms. The Morgan fingerprint density at radius 3 is 2.38 bits per heavy atom. The summed E-state index contributed by atoms with van der Waals surface area (Å²) < 4.78 is 5.36. The second-order valence-electron chi connectivity index (χ2n) is 6.46. The van der Waals surface area contributed by atoms with Crippen molar-refractivity contribution in [2.75, 3.05) is 17.3 Å². The summed E-state index contributed by atoms with van der Waals surface area (Å²) in [6, 6.07) is 24.4. The monoisotopic (exact) mass is 384 g/mol.